The van der Waals surface area contributed by atoms with E-state index in [2.05, 4.69) is 32.8 Å². The number of carbonyl (C=O) groups is 2. The first-order valence-corrected chi connectivity index (χ1v) is 9.81. The normalized spacial score (nSPS) is 15.7. The Morgan fingerprint density at radius 3 is 2.29 bits per heavy atom. The summed E-state index contributed by atoms with van der Waals surface area (Å²) >= 11 is 0. The SMILES string of the molecule is CC(C)n1cnc(NC(=O)C2(Cc3ccccc3)CCNCC2)n1.O=C(O)C(F)(F)F. The highest BCUT2D eigenvalue weighted by Crippen LogP contribution is 2.34. The van der Waals surface area contributed by atoms with Gasteiger partial charge in [-0.25, -0.2) is 14.5 Å². The molecule has 1 saturated heterocycles. The Labute approximate surface area is 177 Å². The molecule has 1 amide bonds. The van der Waals surface area contributed by atoms with Crippen molar-refractivity contribution in [2.75, 3.05) is 18.4 Å². The third-order valence-corrected chi connectivity index (χ3v) is 4.93. The summed E-state index contributed by atoms with van der Waals surface area (Å²) in [6.45, 7) is 5.77. The number of nitrogens with one attached hydrogen (secondary N) is 2. The maximum absolute atomic E-state index is 13.0. The molecule has 8 nitrogen and oxygen atoms in total. The number of hydrogen-bond donors (Lipinski definition) is 3. The standard InChI is InChI=1S/C18H25N5O.C2HF3O2/c1-14(2)23-13-20-17(22-23)21-16(24)18(8-10-19-11-9-18)12-15-6-4-3-5-7-15;3-2(4,5)1(6)7/h3-7,13-14,19H,8-12H2,1-2H3,(H,21,22,24);(H,6,7). The zero-order valence-electron chi connectivity index (χ0n) is 17.3. The molecule has 1 aliphatic heterocycles. The van der Waals surface area contributed by atoms with Crippen LogP contribution in [0.15, 0.2) is 36.7 Å². The smallest absolute Gasteiger partial charge is 0.475 e. The second kappa shape index (κ2) is 10.4. The number of aliphatic carboxylic acids is 1. The summed E-state index contributed by atoms with van der Waals surface area (Å²) < 4.78 is 33.5. The van der Waals surface area contributed by atoms with Crippen molar-refractivity contribution in [1.29, 1.82) is 0 Å². The summed E-state index contributed by atoms with van der Waals surface area (Å²) in [6.07, 6.45) is -1.05. The molecule has 2 heterocycles. The maximum Gasteiger partial charge on any atom is 0.490 e. The first-order chi connectivity index (χ1) is 14.5. The Morgan fingerprint density at radius 2 is 1.81 bits per heavy atom. The lowest BCUT2D eigenvalue weighted by molar-refractivity contribution is -0.192. The highest BCUT2D eigenvalue weighted by atomic mass is 19.4. The van der Waals surface area contributed by atoms with Crippen LogP contribution in [0.25, 0.3) is 0 Å². The number of hydrogen-bond acceptors (Lipinski definition) is 5. The molecule has 3 N–H and O–H groups in total. The number of halogens is 3. The molecule has 1 aromatic heterocycles. The van der Waals surface area contributed by atoms with Gasteiger partial charge in [-0.3, -0.25) is 10.1 Å². The predicted octanol–water partition coefficient (Wildman–Crippen LogP) is 3.04. The van der Waals surface area contributed by atoms with Gasteiger partial charge in [0, 0.05) is 6.04 Å². The van der Waals surface area contributed by atoms with Crippen LogP contribution in [0.1, 0.15) is 38.3 Å². The van der Waals surface area contributed by atoms with E-state index in [1.165, 1.54) is 5.56 Å². The van der Waals surface area contributed by atoms with Crippen LogP contribution >= 0.6 is 0 Å². The third kappa shape index (κ3) is 7.06. The molecule has 2 aromatic rings. The van der Waals surface area contributed by atoms with Crippen LogP contribution in [-0.4, -0.2) is 51.0 Å². The molecule has 0 radical (unpaired) electrons. The molecule has 11 heteroatoms. The average Bonchev–Trinajstić information content (AvgIpc) is 3.18. The van der Waals surface area contributed by atoms with Crippen molar-refractivity contribution in [3.63, 3.8) is 0 Å². The number of benzene rings is 1. The van der Waals surface area contributed by atoms with Gasteiger partial charge in [0.25, 0.3) is 0 Å². The fraction of sp³-hybridized carbons (Fsp3) is 0.500. The quantitative estimate of drug-likeness (QED) is 0.658. The Hall–Kier alpha value is -2.95. The highest BCUT2D eigenvalue weighted by molar-refractivity contribution is 5.94. The van der Waals surface area contributed by atoms with E-state index >= 15 is 0 Å². The predicted molar refractivity (Wildman–Crippen MR) is 107 cm³/mol. The fourth-order valence-corrected chi connectivity index (χ4v) is 3.19. The van der Waals surface area contributed by atoms with Crippen LogP contribution in [0.3, 0.4) is 0 Å². The zero-order valence-corrected chi connectivity index (χ0v) is 17.3. The van der Waals surface area contributed by atoms with Gasteiger partial charge in [0.15, 0.2) is 0 Å². The van der Waals surface area contributed by atoms with Gasteiger partial charge in [-0.2, -0.15) is 13.2 Å². The molecule has 3 rings (SSSR count). The Kier molecular flexibility index (Phi) is 8.14. The van der Waals surface area contributed by atoms with E-state index in [0.717, 1.165) is 32.4 Å². The second-order valence-electron chi connectivity index (χ2n) is 7.59. The number of piperidine rings is 1. The van der Waals surface area contributed by atoms with Crippen molar-refractivity contribution >= 4 is 17.8 Å². The molecule has 170 valence electrons. The molecule has 1 fully saturated rings. The number of alkyl halides is 3. The molecular weight excluding hydrogens is 415 g/mol. The number of nitrogens with zero attached hydrogens (tertiary/aromatic N) is 3. The lowest BCUT2D eigenvalue weighted by Gasteiger charge is -2.36. The van der Waals surface area contributed by atoms with Crippen LogP contribution in [-0.2, 0) is 16.0 Å². The van der Waals surface area contributed by atoms with E-state index in [-0.39, 0.29) is 11.9 Å². The van der Waals surface area contributed by atoms with Crippen molar-refractivity contribution in [3.05, 3.63) is 42.2 Å². The van der Waals surface area contributed by atoms with E-state index in [1.54, 1.807) is 11.0 Å². The highest BCUT2D eigenvalue weighted by Gasteiger charge is 2.40. The molecule has 0 spiro atoms. The Balaban J connectivity index is 0.000000423. The molecule has 1 aliphatic rings. The lowest BCUT2D eigenvalue weighted by Crippen LogP contribution is -2.46. The average molecular weight is 441 g/mol. The van der Waals surface area contributed by atoms with E-state index < -0.39 is 17.6 Å². The van der Waals surface area contributed by atoms with Gasteiger partial charge >= 0.3 is 12.1 Å². The van der Waals surface area contributed by atoms with Crippen molar-refractivity contribution in [1.82, 2.24) is 20.1 Å². The molecule has 0 bridgehead atoms. The number of rotatable bonds is 5. The second-order valence-corrected chi connectivity index (χ2v) is 7.59. The van der Waals surface area contributed by atoms with Crippen molar-refractivity contribution < 1.29 is 27.9 Å². The number of anilines is 1. The molecular formula is C20H26F3N5O3. The first kappa shape index (κ1) is 24.3. The number of amides is 1. The van der Waals surface area contributed by atoms with Crippen LogP contribution < -0.4 is 10.6 Å². The molecule has 0 aliphatic carbocycles. The van der Waals surface area contributed by atoms with Gasteiger partial charge in [-0.05, 0) is 51.8 Å². The number of carboxylic acid groups (broad SMARTS) is 1. The van der Waals surface area contributed by atoms with Crippen LogP contribution in [0.2, 0.25) is 0 Å². The Bertz CT molecular complexity index is 862. The largest absolute Gasteiger partial charge is 0.490 e. The summed E-state index contributed by atoms with van der Waals surface area (Å²) in [5.74, 6) is -2.35. The molecule has 0 unspecified atom stereocenters. The first-order valence-electron chi connectivity index (χ1n) is 9.81. The number of carbonyl (C=O) groups excluding carboxylic acids is 1. The minimum atomic E-state index is -5.08. The van der Waals surface area contributed by atoms with E-state index in [0.29, 0.717) is 5.95 Å². The zero-order chi connectivity index (χ0) is 23.1. The van der Waals surface area contributed by atoms with Gasteiger partial charge < -0.3 is 10.4 Å². The van der Waals surface area contributed by atoms with E-state index in [1.807, 2.05) is 32.0 Å². The monoisotopic (exact) mass is 441 g/mol. The molecule has 0 atom stereocenters. The minimum Gasteiger partial charge on any atom is -0.475 e. The molecule has 1 aromatic carbocycles. The summed E-state index contributed by atoms with van der Waals surface area (Å²) in [6, 6.07) is 10.4. The summed E-state index contributed by atoms with van der Waals surface area (Å²) in [5.41, 5.74) is 0.783. The van der Waals surface area contributed by atoms with Crippen LogP contribution in [0.5, 0.6) is 0 Å². The molecule has 31 heavy (non-hydrogen) atoms. The topological polar surface area (TPSA) is 109 Å². The lowest BCUT2D eigenvalue weighted by atomic mass is 9.73. The van der Waals surface area contributed by atoms with Gasteiger partial charge in [0.05, 0.1) is 5.41 Å². The van der Waals surface area contributed by atoms with E-state index in [9.17, 15) is 18.0 Å². The summed E-state index contributed by atoms with van der Waals surface area (Å²) in [4.78, 5) is 26.2. The van der Waals surface area contributed by atoms with Crippen molar-refractivity contribution in [2.24, 2.45) is 5.41 Å². The van der Waals surface area contributed by atoms with Gasteiger partial charge in [0.1, 0.15) is 6.33 Å². The van der Waals surface area contributed by atoms with Gasteiger partial charge in [0.2, 0.25) is 11.9 Å². The fourth-order valence-electron chi connectivity index (χ4n) is 3.19. The minimum absolute atomic E-state index is 0.0226. The van der Waals surface area contributed by atoms with Gasteiger partial charge in [-0.15, -0.1) is 5.10 Å². The van der Waals surface area contributed by atoms with Crippen LogP contribution in [0, 0.1) is 5.41 Å². The van der Waals surface area contributed by atoms with Crippen molar-refractivity contribution in [3.8, 4) is 0 Å². The number of carboxylic acids is 1. The number of aromatic nitrogens is 3. The van der Waals surface area contributed by atoms with E-state index in [4.69, 9.17) is 9.90 Å². The maximum atomic E-state index is 13.0. The van der Waals surface area contributed by atoms with Gasteiger partial charge in [-0.1, -0.05) is 30.3 Å². The third-order valence-electron chi connectivity index (χ3n) is 4.93. The van der Waals surface area contributed by atoms with Crippen LogP contribution in [0.4, 0.5) is 19.1 Å². The Morgan fingerprint density at radius 1 is 1.23 bits per heavy atom. The summed E-state index contributed by atoms with van der Waals surface area (Å²) in [7, 11) is 0. The molecule has 0 saturated carbocycles. The van der Waals surface area contributed by atoms with Crippen molar-refractivity contribution in [2.45, 2.75) is 45.3 Å². The summed E-state index contributed by atoms with van der Waals surface area (Å²) in [5, 5.41) is 17.8.